The molecule has 4 aromatic rings. The molecule has 1 fully saturated rings. The summed E-state index contributed by atoms with van der Waals surface area (Å²) in [5.41, 5.74) is 3.36. The standard InChI is InChI=1S/C32H38F3N5O/c1-5-21-7-10-24(11-8-21)29(41)25-12-9-22(15-23(25)6-2)16-27-31-37-17-28(40(31)14-13-36-27)26-19-39(18-20(3)4)38-30(26)32(33,34)35/h9,12-15,17,19-21,24H,5-8,10-11,16,18H2,1-4H3. The number of imidazole rings is 1. The predicted molar refractivity (Wildman–Crippen MR) is 153 cm³/mol. The van der Waals surface area contributed by atoms with Gasteiger partial charge in [0.15, 0.2) is 17.1 Å². The molecule has 5 rings (SSSR count). The van der Waals surface area contributed by atoms with Crippen LogP contribution in [0.25, 0.3) is 16.9 Å². The Morgan fingerprint density at radius 3 is 2.51 bits per heavy atom. The number of hydrogen-bond acceptors (Lipinski definition) is 4. The van der Waals surface area contributed by atoms with Crippen molar-refractivity contribution in [2.24, 2.45) is 17.8 Å². The van der Waals surface area contributed by atoms with Gasteiger partial charge in [-0.2, -0.15) is 18.3 Å². The van der Waals surface area contributed by atoms with E-state index in [4.69, 9.17) is 0 Å². The van der Waals surface area contributed by atoms with Crippen LogP contribution in [0.3, 0.4) is 0 Å². The van der Waals surface area contributed by atoms with E-state index in [-0.39, 0.29) is 23.2 Å². The molecule has 0 spiro atoms. The lowest BCUT2D eigenvalue weighted by Crippen LogP contribution is -2.22. The van der Waals surface area contributed by atoms with Crippen molar-refractivity contribution in [3.63, 3.8) is 0 Å². The summed E-state index contributed by atoms with van der Waals surface area (Å²) in [4.78, 5) is 22.4. The van der Waals surface area contributed by atoms with Crippen LogP contribution in [0.2, 0.25) is 0 Å². The zero-order valence-electron chi connectivity index (χ0n) is 24.2. The van der Waals surface area contributed by atoms with Crippen molar-refractivity contribution in [1.29, 1.82) is 0 Å². The lowest BCUT2D eigenvalue weighted by atomic mass is 9.77. The van der Waals surface area contributed by atoms with Crippen LogP contribution in [-0.4, -0.2) is 29.9 Å². The number of Topliss-reactive ketones (excluding diaryl/α,β-unsaturated/α-hetero) is 1. The molecule has 6 nitrogen and oxygen atoms in total. The molecule has 0 N–H and O–H groups in total. The lowest BCUT2D eigenvalue weighted by Gasteiger charge is -2.27. The van der Waals surface area contributed by atoms with Gasteiger partial charge in [-0.1, -0.05) is 52.3 Å². The molecule has 1 aliphatic carbocycles. The molecule has 0 saturated heterocycles. The Hall–Kier alpha value is -3.49. The Bertz CT molecular complexity index is 1530. The maximum atomic E-state index is 13.9. The predicted octanol–water partition coefficient (Wildman–Crippen LogP) is 7.82. The highest BCUT2D eigenvalue weighted by Crippen LogP contribution is 2.37. The van der Waals surface area contributed by atoms with Crippen molar-refractivity contribution in [2.75, 3.05) is 0 Å². The van der Waals surface area contributed by atoms with Crippen LogP contribution >= 0.6 is 0 Å². The van der Waals surface area contributed by atoms with Gasteiger partial charge in [0.1, 0.15) is 0 Å². The molecule has 9 heteroatoms. The largest absolute Gasteiger partial charge is 0.435 e. The molecule has 3 heterocycles. The summed E-state index contributed by atoms with van der Waals surface area (Å²) in [6, 6.07) is 5.98. The Morgan fingerprint density at radius 2 is 1.85 bits per heavy atom. The van der Waals surface area contributed by atoms with Gasteiger partial charge in [0, 0.05) is 43.0 Å². The third-order valence-electron chi connectivity index (χ3n) is 8.34. The molecule has 0 amide bonds. The molecule has 0 radical (unpaired) electrons. The van der Waals surface area contributed by atoms with Crippen LogP contribution in [0.5, 0.6) is 0 Å². The number of halogens is 3. The summed E-state index contributed by atoms with van der Waals surface area (Å²) in [6.07, 6.45) is 8.07. The van der Waals surface area contributed by atoms with E-state index >= 15 is 0 Å². The number of aryl methyl sites for hydroxylation is 1. The summed E-state index contributed by atoms with van der Waals surface area (Å²) in [5, 5.41) is 3.87. The minimum atomic E-state index is -4.59. The first-order valence-corrected chi connectivity index (χ1v) is 14.7. The van der Waals surface area contributed by atoms with E-state index in [0.29, 0.717) is 30.0 Å². The monoisotopic (exact) mass is 565 g/mol. The minimum absolute atomic E-state index is 0.00750. The second kappa shape index (κ2) is 11.8. The quantitative estimate of drug-likeness (QED) is 0.194. The van der Waals surface area contributed by atoms with Crippen molar-refractivity contribution in [2.45, 2.75) is 85.4 Å². The highest BCUT2D eigenvalue weighted by molar-refractivity contribution is 5.99. The van der Waals surface area contributed by atoms with Crippen molar-refractivity contribution in [3.05, 3.63) is 71.1 Å². The highest BCUT2D eigenvalue weighted by atomic mass is 19.4. The van der Waals surface area contributed by atoms with Gasteiger partial charge in [-0.25, -0.2) is 4.98 Å². The van der Waals surface area contributed by atoms with Crippen LogP contribution < -0.4 is 0 Å². The number of rotatable bonds is 9. The average molecular weight is 566 g/mol. The maximum absolute atomic E-state index is 13.9. The second-order valence-corrected chi connectivity index (χ2v) is 11.7. The Morgan fingerprint density at radius 1 is 1.10 bits per heavy atom. The number of hydrogen-bond donors (Lipinski definition) is 0. The summed E-state index contributed by atoms with van der Waals surface area (Å²) in [5.74, 6) is 1.23. The van der Waals surface area contributed by atoms with Crippen LogP contribution in [-0.2, 0) is 25.6 Å². The van der Waals surface area contributed by atoms with E-state index in [9.17, 15) is 18.0 Å². The number of fused-ring (bicyclic) bond motifs is 1. The zero-order valence-corrected chi connectivity index (χ0v) is 24.2. The Kier molecular flexibility index (Phi) is 8.34. The normalized spacial score (nSPS) is 18.0. The fourth-order valence-corrected chi connectivity index (χ4v) is 6.12. The third-order valence-corrected chi connectivity index (χ3v) is 8.34. The number of aromatic nitrogens is 5. The van der Waals surface area contributed by atoms with E-state index in [2.05, 4.69) is 35.0 Å². The highest BCUT2D eigenvalue weighted by Gasteiger charge is 2.38. The minimum Gasteiger partial charge on any atom is -0.296 e. The zero-order chi connectivity index (χ0) is 29.3. The molecule has 1 saturated carbocycles. The maximum Gasteiger partial charge on any atom is 0.435 e. The van der Waals surface area contributed by atoms with E-state index < -0.39 is 11.9 Å². The molecule has 1 aromatic carbocycles. The third kappa shape index (κ3) is 6.09. The van der Waals surface area contributed by atoms with E-state index in [1.807, 2.05) is 26.0 Å². The van der Waals surface area contributed by atoms with E-state index in [0.717, 1.165) is 54.7 Å². The summed E-state index contributed by atoms with van der Waals surface area (Å²) in [6.45, 7) is 8.53. The van der Waals surface area contributed by atoms with Gasteiger partial charge in [0.25, 0.3) is 0 Å². The van der Waals surface area contributed by atoms with Crippen molar-refractivity contribution in [3.8, 4) is 11.3 Å². The van der Waals surface area contributed by atoms with E-state index in [1.54, 1.807) is 16.8 Å². The van der Waals surface area contributed by atoms with Crippen LogP contribution in [0.1, 0.15) is 92.7 Å². The van der Waals surface area contributed by atoms with Gasteiger partial charge in [-0.05, 0) is 55.1 Å². The summed E-state index contributed by atoms with van der Waals surface area (Å²) >= 11 is 0. The fourth-order valence-electron chi connectivity index (χ4n) is 6.12. The molecule has 41 heavy (non-hydrogen) atoms. The molecule has 0 atom stereocenters. The molecule has 218 valence electrons. The lowest BCUT2D eigenvalue weighted by molar-refractivity contribution is -0.141. The number of ketones is 1. The van der Waals surface area contributed by atoms with Gasteiger partial charge in [-0.3, -0.25) is 18.9 Å². The first kappa shape index (κ1) is 29.0. The SMILES string of the molecule is CCc1cc(Cc2nccn3c(-c4cn(CC(C)C)nc4C(F)(F)F)cnc23)ccc1C(=O)C1CCC(CC)CC1. The first-order valence-electron chi connectivity index (χ1n) is 14.7. The Balaban J connectivity index is 1.43. The molecule has 0 aliphatic heterocycles. The van der Waals surface area contributed by atoms with Crippen molar-refractivity contribution < 1.29 is 18.0 Å². The van der Waals surface area contributed by atoms with Crippen LogP contribution in [0.4, 0.5) is 13.2 Å². The number of benzene rings is 1. The average Bonchev–Trinajstić information content (AvgIpc) is 3.57. The van der Waals surface area contributed by atoms with Gasteiger partial charge >= 0.3 is 6.18 Å². The molecular formula is C32H38F3N5O. The summed E-state index contributed by atoms with van der Waals surface area (Å²) in [7, 11) is 0. The van der Waals surface area contributed by atoms with Crippen molar-refractivity contribution in [1.82, 2.24) is 24.1 Å². The fraction of sp³-hybridized carbons (Fsp3) is 0.500. The molecular weight excluding hydrogens is 527 g/mol. The van der Waals surface area contributed by atoms with Crippen LogP contribution in [0.15, 0.2) is 43.0 Å². The molecule has 1 aliphatic rings. The van der Waals surface area contributed by atoms with Crippen LogP contribution in [0, 0.1) is 17.8 Å². The molecule has 0 unspecified atom stereocenters. The van der Waals surface area contributed by atoms with Gasteiger partial charge in [-0.15, -0.1) is 0 Å². The molecule has 3 aromatic heterocycles. The smallest absolute Gasteiger partial charge is 0.296 e. The second-order valence-electron chi connectivity index (χ2n) is 11.7. The van der Waals surface area contributed by atoms with E-state index in [1.165, 1.54) is 23.5 Å². The number of carbonyl (C=O) groups is 1. The van der Waals surface area contributed by atoms with Gasteiger partial charge < -0.3 is 0 Å². The van der Waals surface area contributed by atoms with Crippen molar-refractivity contribution >= 4 is 11.4 Å². The van der Waals surface area contributed by atoms with Gasteiger partial charge in [0.05, 0.1) is 23.1 Å². The summed E-state index contributed by atoms with van der Waals surface area (Å²) < 4.78 is 44.8. The number of alkyl halides is 3. The Labute approximate surface area is 239 Å². The number of nitrogens with zero attached hydrogens (tertiary/aromatic N) is 5. The molecule has 0 bridgehead atoms. The topological polar surface area (TPSA) is 65.1 Å². The van der Waals surface area contributed by atoms with Gasteiger partial charge in [0.2, 0.25) is 0 Å². The first-order chi connectivity index (χ1) is 19.6. The number of carbonyl (C=O) groups excluding carboxylic acids is 1.